The zero-order chi connectivity index (χ0) is 29.6. The number of benzene rings is 4. The van der Waals surface area contributed by atoms with Gasteiger partial charge in [-0.1, -0.05) is 73.2 Å². The summed E-state index contributed by atoms with van der Waals surface area (Å²) in [4.78, 5) is 0.126. The zero-order valence-electron chi connectivity index (χ0n) is 24.0. The molecule has 0 aliphatic heterocycles. The first-order valence-corrected chi connectivity index (χ1v) is 16.2. The van der Waals surface area contributed by atoms with Crippen molar-refractivity contribution in [3.05, 3.63) is 120 Å². The smallest absolute Gasteiger partial charge is 0.283 e. The summed E-state index contributed by atoms with van der Waals surface area (Å²) in [6.07, 6.45) is 6.31. The predicted molar refractivity (Wildman–Crippen MR) is 169 cm³/mol. The number of hydrogen-bond donors (Lipinski definition) is 1. The van der Waals surface area contributed by atoms with Gasteiger partial charge in [0, 0.05) is 28.9 Å². The van der Waals surface area contributed by atoms with Crippen LogP contribution in [0.5, 0.6) is 0 Å². The lowest BCUT2D eigenvalue weighted by molar-refractivity contribution is 0.342. The van der Waals surface area contributed by atoms with Crippen LogP contribution in [-0.4, -0.2) is 34.8 Å². The van der Waals surface area contributed by atoms with Gasteiger partial charge in [-0.15, -0.1) is 0 Å². The van der Waals surface area contributed by atoms with Crippen molar-refractivity contribution in [2.45, 2.75) is 50.1 Å². The molecule has 8 heteroatoms. The van der Waals surface area contributed by atoms with Gasteiger partial charge in [0.2, 0.25) is 0 Å². The molecule has 218 valence electrons. The Morgan fingerprint density at radius 2 is 1.58 bits per heavy atom. The van der Waals surface area contributed by atoms with Crippen LogP contribution in [0.2, 0.25) is 0 Å². The first kappa shape index (κ1) is 27.6. The fourth-order valence-corrected chi connectivity index (χ4v) is 7.35. The maximum absolute atomic E-state index is 16.7. The molecule has 0 radical (unpaired) electrons. The molecule has 0 atom stereocenters. The monoisotopic (exact) mass is 592 g/mol. The molecule has 0 amide bonds. The van der Waals surface area contributed by atoms with E-state index in [1.54, 1.807) is 24.3 Å². The standard InChI is InChI=1S/C35H33FN4O2S/c1-24-8-5-6-13-29(24)35-34(36)33-30-22-38-40(43(41,42)28-11-3-2-4-12-28)31(30)18-19-32(33)39(35)23-26-16-14-25(15-17-26)20-21-37-27-9-7-10-27/h2-6,8,11-19,22,27,37H,7,9-10,20-21,23H2,1H3. The van der Waals surface area contributed by atoms with Gasteiger partial charge in [-0.25, -0.2) is 4.39 Å². The summed E-state index contributed by atoms with van der Waals surface area (Å²) in [5.74, 6) is -0.384. The predicted octanol–water partition coefficient (Wildman–Crippen LogP) is 7.08. The van der Waals surface area contributed by atoms with Gasteiger partial charge in [-0.2, -0.15) is 17.6 Å². The SMILES string of the molecule is Cc1ccccc1-c1c(F)c2c3cnn(S(=O)(=O)c4ccccc4)c3ccc2n1Cc1ccc(CCNC2CCC2)cc1. The van der Waals surface area contributed by atoms with Gasteiger partial charge < -0.3 is 9.88 Å². The van der Waals surface area contributed by atoms with E-state index >= 15 is 4.39 Å². The normalized spacial score (nSPS) is 14.0. The molecule has 7 rings (SSSR count). The molecule has 0 unspecified atom stereocenters. The van der Waals surface area contributed by atoms with Crippen LogP contribution in [0.3, 0.4) is 0 Å². The molecule has 1 saturated carbocycles. The third-order valence-corrected chi connectivity index (χ3v) is 10.3. The van der Waals surface area contributed by atoms with Crippen LogP contribution in [0.15, 0.2) is 102 Å². The minimum Gasteiger partial charge on any atom is -0.333 e. The van der Waals surface area contributed by atoms with E-state index in [0.717, 1.165) is 33.7 Å². The molecule has 0 saturated heterocycles. The van der Waals surface area contributed by atoms with Crippen molar-refractivity contribution >= 4 is 31.8 Å². The van der Waals surface area contributed by atoms with Crippen LogP contribution in [0.25, 0.3) is 33.1 Å². The number of fused-ring (bicyclic) bond motifs is 3. The molecule has 1 aliphatic rings. The van der Waals surface area contributed by atoms with Crippen LogP contribution in [-0.2, 0) is 23.0 Å². The first-order valence-electron chi connectivity index (χ1n) is 14.8. The average molecular weight is 593 g/mol. The van der Waals surface area contributed by atoms with Gasteiger partial charge in [-0.05, 0) is 73.7 Å². The summed E-state index contributed by atoms with van der Waals surface area (Å²) in [5.41, 5.74) is 5.59. The highest BCUT2D eigenvalue weighted by atomic mass is 32.2. The Hall–Kier alpha value is -4.27. The van der Waals surface area contributed by atoms with E-state index in [2.05, 4.69) is 34.7 Å². The maximum atomic E-state index is 16.7. The number of hydrogen-bond acceptors (Lipinski definition) is 4. The molecular weight excluding hydrogens is 559 g/mol. The lowest BCUT2D eigenvalue weighted by Gasteiger charge is -2.26. The van der Waals surface area contributed by atoms with E-state index in [9.17, 15) is 8.42 Å². The van der Waals surface area contributed by atoms with Crippen LogP contribution in [0, 0.1) is 12.7 Å². The molecule has 0 spiro atoms. The highest BCUT2D eigenvalue weighted by Crippen LogP contribution is 2.39. The molecule has 1 aliphatic carbocycles. The van der Waals surface area contributed by atoms with Gasteiger partial charge in [-0.3, -0.25) is 0 Å². The Balaban J connectivity index is 1.31. The number of aromatic nitrogens is 3. The minimum absolute atomic E-state index is 0.126. The molecule has 43 heavy (non-hydrogen) atoms. The van der Waals surface area contributed by atoms with E-state index in [1.807, 2.05) is 41.8 Å². The zero-order valence-corrected chi connectivity index (χ0v) is 24.8. The van der Waals surface area contributed by atoms with Crippen molar-refractivity contribution in [2.24, 2.45) is 0 Å². The Bertz CT molecular complexity index is 2040. The molecule has 2 aromatic heterocycles. The van der Waals surface area contributed by atoms with E-state index in [0.29, 0.717) is 40.1 Å². The van der Waals surface area contributed by atoms with E-state index in [4.69, 9.17) is 0 Å². The second-order valence-corrected chi connectivity index (χ2v) is 13.2. The van der Waals surface area contributed by atoms with Gasteiger partial charge in [0.05, 0.1) is 27.8 Å². The quantitative estimate of drug-likeness (QED) is 0.195. The number of aryl methyl sites for hydroxylation is 1. The van der Waals surface area contributed by atoms with Gasteiger partial charge in [0.25, 0.3) is 10.0 Å². The van der Waals surface area contributed by atoms with Crippen molar-refractivity contribution in [3.63, 3.8) is 0 Å². The Labute approximate surface area is 250 Å². The van der Waals surface area contributed by atoms with Gasteiger partial charge in [0.1, 0.15) is 0 Å². The third-order valence-electron chi connectivity index (χ3n) is 8.67. The van der Waals surface area contributed by atoms with Crippen LogP contribution in [0.4, 0.5) is 4.39 Å². The highest BCUT2D eigenvalue weighted by molar-refractivity contribution is 7.90. The molecule has 2 heterocycles. The molecule has 6 aromatic rings. The highest BCUT2D eigenvalue weighted by Gasteiger charge is 2.26. The van der Waals surface area contributed by atoms with Crippen LogP contribution in [0.1, 0.15) is 36.0 Å². The number of rotatable bonds is 9. The second-order valence-electron chi connectivity index (χ2n) is 11.4. The van der Waals surface area contributed by atoms with E-state index < -0.39 is 10.0 Å². The van der Waals surface area contributed by atoms with Gasteiger partial charge in [0.15, 0.2) is 5.82 Å². The van der Waals surface area contributed by atoms with Crippen LogP contribution >= 0.6 is 0 Å². The third kappa shape index (κ3) is 4.94. The summed E-state index contributed by atoms with van der Waals surface area (Å²) in [5, 5.41) is 8.69. The van der Waals surface area contributed by atoms with Crippen molar-refractivity contribution in [1.82, 2.24) is 19.1 Å². The summed E-state index contributed by atoms with van der Waals surface area (Å²) < 4.78 is 46.6. The van der Waals surface area contributed by atoms with Gasteiger partial charge >= 0.3 is 0 Å². The minimum atomic E-state index is -3.96. The lowest BCUT2D eigenvalue weighted by atomic mass is 9.93. The molecule has 4 aromatic carbocycles. The maximum Gasteiger partial charge on any atom is 0.283 e. The fraction of sp³-hybridized carbons (Fsp3) is 0.229. The summed E-state index contributed by atoms with van der Waals surface area (Å²) in [7, 11) is -3.96. The fourth-order valence-electron chi connectivity index (χ4n) is 6.06. The summed E-state index contributed by atoms with van der Waals surface area (Å²) in [6.45, 7) is 3.41. The summed E-state index contributed by atoms with van der Waals surface area (Å²) in [6, 6.07) is 28.7. The van der Waals surface area contributed by atoms with Crippen molar-refractivity contribution in [3.8, 4) is 11.3 Å². The molecular formula is C35H33FN4O2S. The largest absolute Gasteiger partial charge is 0.333 e. The van der Waals surface area contributed by atoms with Crippen molar-refractivity contribution < 1.29 is 12.8 Å². The number of halogens is 1. The van der Waals surface area contributed by atoms with E-state index in [1.165, 1.54) is 43.2 Å². The molecule has 6 nitrogen and oxygen atoms in total. The number of nitrogens with one attached hydrogen (secondary N) is 1. The van der Waals surface area contributed by atoms with Crippen molar-refractivity contribution in [2.75, 3.05) is 6.54 Å². The summed E-state index contributed by atoms with van der Waals surface area (Å²) >= 11 is 0. The Kier molecular flexibility index (Phi) is 7.11. The molecule has 1 N–H and O–H groups in total. The van der Waals surface area contributed by atoms with Crippen LogP contribution < -0.4 is 5.32 Å². The van der Waals surface area contributed by atoms with E-state index in [-0.39, 0.29) is 10.7 Å². The molecule has 1 fully saturated rings. The lowest BCUT2D eigenvalue weighted by Crippen LogP contribution is -2.36. The Morgan fingerprint density at radius 1 is 0.884 bits per heavy atom. The number of nitrogens with zero attached hydrogens (tertiary/aromatic N) is 3. The topological polar surface area (TPSA) is 68.9 Å². The average Bonchev–Trinajstić information content (AvgIpc) is 3.55. The first-order chi connectivity index (χ1) is 20.9. The molecule has 0 bridgehead atoms. The van der Waals surface area contributed by atoms with Crippen molar-refractivity contribution in [1.29, 1.82) is 0 Å². The second kappa shape index (κ2) is 11.1. The Morgan fingerprint density at radius 3 is 2.30 bits per heavy atom.